The molecule has 0 heterocycles. The van der Waals surface area contributed by atoms with Gasteiger partial charge in [-0.2, -0.15) is 0 Å². The summed E-state index contributed by atoms with van der Waals surface area (Å²) in [7, 11) is 4.56. The monoisotopic (exact) mass is 388 g/mol. The van der Waals surface area contributed by atoms with E-state index in [-0.39, 0.29) is 5.91 Å². The lowest BCUT2D eigenvalue weighted by atomic mass is 9.44. The Morgan fingerprint density at radius 3 is 2.32 bits per heavy atom. The smallest absolute Gasteiger partial charge is 0.217 e. The number of amides is 1. The zero-order chi connectivity index (χ0) is 20.3. The minimum Gasteiger partial charge on any atom is -0.354 e. The van der Waals surface area contributed by atoms with Crippen LogP contribution in [-0.2, 0) is 4.79 Å². The fraction of sp³-hybridized carbons (Fsp3) is 0.960. The summed E-state index contributed by atoms with van der Waals surface area (Å²) < 4.78 is 0. The molecule has 160 valence electrons. The normalized spacial score (nSPS) is 49.1. The van der Waals surface area contributed by atoms with Crippen molar-refractivity contribution in [3.05, 3.63) is 0 Å². The van der Waals surface area contributed by atoms with Gasteiger partial charge in [-0.25, -0.2) is 0 Å². The van der Waals surface area contributed by atoms with E-state index < -0.39 is 0 Å². The molecule has 4 rings (SSSR count). The Labute approximate surface area is 173 Å². The van der Waals surface area contributed by atoms with Crippen LogP contribution in [0.4, 0.5) is 0 Å². The van der Waals surface area contributed by atoms with Crippen LogP contribution in [0, 0.1) is 40.4 Å². The van der Waals surface area contributed by atoms with Crippen molar-refractivity contribution in [1.29, 1.82) is 0 Å². The Balaban J connectivity index is 1.52. The van der Waals surface area contributed by atoms with Gasteiger partial charge in [0.1, 0.15) is 0 Å². The lowest BCUT2D eigenvalue weighted by molar-refractivity contribution is -0.125. The van der Waals surface area contributed by atoms with Crippen LogP contribution in [0.25, 0.3) is 0 Å². The Kier molecular flexibility index (Phi) is 5.39. The molecule has 9 atom stereocenters. The Morgan fingerprint density at radius 2 is 1.64 bits per heavy atom. The average Bonchev–Trinajstić information content (AvgIpc) is 2.97. The van der Waals surface area contributed by atoms with E-state index in [1.807, 2.05) is 0 Å². The van der Waals surface area contributed by atoms with Gasteiger partial charge in [0.25, 0.3) is 0 Å². The lowest BCUT2D eigenvalue weighted by Gasteiger charge is -2.61. The Bertz CT molecular complexity index is 603. The van der Waals surface area contributed by atoms with Crippen molar-refractivity contribution in [3.8, 4) is 0 Å². The largest absolute Gasteiger partial charge is 0.354 e. The van der Waals surface area contributed by atoms with Crippen LogP contribution < -0.4 is 5.32 Å². The third-order valence-corrected chi connectivity index (χ3v) is 10.5. The molecular formula is C25H44N2O. The van der Waals surface area contributed by atoms with Crippen LogP contribution >= 0.6 is 0 Å². The van der Waals surface area contributed by atoms with Crippen molar-refractivity contribution in [2.45, 2.75) is 97.6 Å². The van der Waals surface area contributed by atoms with E-state index in [1.54, 1.807) is 6.92 Å². The second-order valence-corrected chi connectivity index (χ2v) is 11.8. The Hall–Kier alpha value is -0.570. The molecule has 0 radical (unpaired) electrons. The van der Waals surface area contributed by atoms with Crippen molar-refractivity contribution in [2.24, 2.45) is 40.4 Å². The molecule has 3 nitrogen and oxygen atoms in total. The number of nitrogens with zero attached hydrogens (tertiary/aromatic N) is 1. The third-order valence-electron chi connectivity index (χ3n) is 10.5. The van der Waals surface area contributed by atoms with Gasteiger partial charge >= 0.3 is 0 Å². The number of carbonyl (C=O) groups is 1. The number of rotatable bonds is 3. The summed E-state index contributed by atoms with van der Waals surface area (Å²) in [6.45, 7) is 9.19. The summed E-state index contributed by atoms with van der Waals surface area (Å²) in [5, 5.41) is 3.24. The first-order valence-electron chi connectivity index (χ1n) is 12.1. The van der Waals surface area contributed by atoms with Gasteiger partial charge in [-0.3, -0.25) is 4.79 Å². The van der Waals surface area contributed by atoms with Crippen LogP contribution in [0.5, 0.6) is 0 Å². The second kappa shape index (κ2) is 7.29. The van der Waals surface area contributed by atoms with Gasteiger partial charge in [0.15, 0.2) is 0 Å². The van der Waals surface area contributed by atoms with Crippen LogP contribution in [0.3, 0.4) is 0 Å². The molecule has 3 heteroatoms. The molecule has 4 fully saturated rings. The predicted molar refractivity (Wildman–Crippen MR) is 116 cm³/mol. The molecule has 1 N–H and O–H groups in total. The number of fused-ring (bicyclic) bond motifs is 5. The minimum absolute atomic E-state index is 0.138. The maximum absolute atomic E-state index is 11.7. The molecule has 4 aliphatic rings. The van der Waals surface area contributed by atoms with Gasteiger partial charge in [0.05, 0.1) is 0 Å². The molecule has 0 aromatic heterocycles. The van der Waals surface area contributed by atoms with Crippen LogP contribution in [0.1, 0.15) is 85.5 Å². The van der Waals surface area contributed by atoms with E-state index >= 15 is 0 Å². The number of hydrogen-bond acceptors (Lipinski definition) is 2. The topological polar surface area (TPSA) is 32.3 Å². The zero-order valence-corrected chi connectivity index (χ0v) is 19.3. The summed E-state index contributed by atoms with van der Waals surface area (Å²) in [6.07, 6.45) is 12.7. The lowest BCUT2D eigenvalue weighted by Crippen LogP contribution is -2.56. The van der Waals surface area contributed by atoms with Crippen LogP contribution in [-0.4, -0.2) is 37.0 Å². The number of nitrogens with one attached hydrogen (secondary N) is 1. The van der Waals surface area contributed by atoms with Crippen molar-refractivity contribution in [1.82, 2.24) is 10.2 Å². The van der Waals surface area contributed by atoms with Crippen molar-refractivity contribution in [3.63, 3.8) is 0 Å². The van der Waals surface area contributed by atoms with Crippen molar-refractivity contribution >= 4 is 5.91 Å². The first-order valence-corrected chi connectivity index (χ1v) is 12.1. The minimum atomic E-state index is 0.138. The zero-order valence-electron chi connectivity index (χ0n) is 19.3. The highest BCUT2D eigenvalue weighted by molar-refractivity contribution is 5.73. The summed E-state index contributed by atoms with van der Waals surface area (Å²) in [4.78, 5) is 14.1. The van der Waals surface area contributed by atoms with Gasteiger partial charge in [-0.1, -0.05) is 13.8 Å². The van der Waals surface area contributed by atoms with E-state index in [1.165, 1.54) is 57.8 Å². The molecule has 4 saturated carbocycles. The van der Waals surface area contributed by atoms with E-state index in [4.69, 9.17) is 0 Å². The Morgan fingerprint density at radius 1 is 0.964 bits per heavy atom. The van der Waals surface area contributed by atoms with E-state index in [2.05, 4.69) is 45.1 Å². The van der Waals surface area contributed by atoms with E-state index in [9.17, 15) is 4.79 Å². The highest BCUT2D eigenvalue weighted by Crippen LogP contribution is 2.67. The first-order chi connectivity index (χ1) is 13.2. The average molecular weight is 389 g/mol. The van der Waals surface area contributed by atoms with E-state index in [0.717, 1.165) is 29.7 Å². The molecule has 0 spiro atoms. The summed E-state index contributed by atoms with van der Waals surface area (Å²) in [5.74, 6) is 4.51. The molecule has 0 bridgehead atoms. The molecule has 0 aliphatic heterocycles. The summed E-state index contributed by atoms with van der Waals surface area (Å²) in [6, 6.07) is 1.13. The maximum atomic E-state index is 11.7. The molecule has 4 aliphatic carbocycles. The number of carbonyl (C=O) groups excluding carboxylic acids is 1. The molecule has 1 amide bonds. The van der Waals surface area contributed by atoms with Crippen molar-refractivity contribution < 1.29 is 4.79 Å². The first kappa shape index (κ1) is 20.7. The third kappa shape index (κ3) is 3.15. The fourth-order valence-electron chi connectivity index (χ4n) is 8.99. The standard InChI is InChI=1S/C25H44N2O/c1-16(26-17(2)28)21-9-10-22-20-8-7-18-15-19(27(5)6)11-13-24(18,3)23(20)12-14-25(21,22)4/h16,18-23H,7-15H2,1-6H3,(H,26,28)/t16?,18?,19?,20-,21+,22-,23-,24-,25+/m0/s1. The molecule has 28 heavy (non-hydrogen) atoms. The summed E-state index contributed by atoms with van der Waals surface area (Å²) >= 11 is 0. The molecular weight excluding hydrogens is 344 g/mol. The molecule has 0 saturated heterocycles. The number of hydrogen-bond donors (Lipinski definition) is 1. The van der Waals surface area contributed by atoms with Gasteiger partial charge < -0.3 is 10.2 Å². The molecule has 3 unspecified atom stereocenters. The maximum Gasteiger partial charge on any atom is 0.217 e. The fourth-order valence-corrected chi connectivity index (χ4v) is 8.99. The highest BCUT2D eigenvalue weighted by atomic mass is 16.1. The SMILES string of the molecule is CC(=O)NC(C)[C@H]1CC[C@H]2[C@@H]3CCC4CC(N(C)C)CC[C@]4(C)[C@H]3CC[C@]12C. The second-order valence-electron chi connectivity index (χ2n) is 11.8. The van der Waals surface area contributed by atoms with Gasteiger partial charge in [-0.15, -0.1) is 0 Å². The van der Waals surface area contributed by atoms with Crippen molar-refractivity contribution in [2.75, 3.05) is 14.1 Å². The van der Waals surface area contributed by atoms with Gasteiger partial charge in [0.2, 0.25) is 5.91 Å². The molecule has 0 aromatic carbocycles. The predicted octanol–water partition coefficient (Wildman–Crippen LogP) is 5.10. The summed E-state index contributed by atoms with van der Waals surface area (Å²) in [5.41, 5.74) is 1.02. The van der Waals surface area contributed by atoms with Gasteiger partial charge in [0, 0.05) is 19.0 Å². The van der Waals surface area contributed by atoms with Crippen LogP contribution in [0.15, 0.2) is 0 Å². The highest BCUT2D eigenvalue weighted by Gasteiger charge is 2.60. The van der Waals surface area contributed by atoms with E-state index in [0.29, 0.717) is 22.8 Å². The molecule has 0 aromatic rings. The quantitative estimate of drug-likeness (QED) is 0.729. The van der Waals surface area contributed by atoms with Crippen LogP contribution in [0.2, 0.25) is 0 Å². The van der Waals surface area contributed by atoms with Gasteiger partial charge in [-0.05, 0) is 119 Å².